The van der Waals surface area contributed by atoms with Gasteiger partial charge in [-0.3, -0.25) is 4.79 Å². The van der Waals surface area contributed by atoms with E-state index in [-0.39, 0.29) is 17.0 Å². The van der Waals surface area contributed by atoms with E-state index >= 15 is 0 Å². The van der Waals surface area contributed by atoms with Crippen molar-refractivity contribution >= 4 is 17.2 Å². The van der Waals surface area contributed by atoms with E-state index in [1.807, 2.05) is 17.5 Å². The zero-order valence-corrected chi connectivity index (χ0v) is 13.2. The maximum Gasteiger partial charge on any atom is 0.277 e. The Bertz CT molecular complexity index is 1080. The Balaban J connectivity index is 1.57. The molecule has 3 aromatic heterocycles. The van der Waals surface area contributed by atoms with Crippen molar-refractivity contribution in [2.45, 2.75) is 6.92 Å². The lowest BCUT2D eigenvalue weighted by Gasteiger charge is -2.03. The molecule has 6 nitrogen and oxygen atoms in total. The first kappa shape index (κ1) is 15.1. The van der Waals surface area contributed by atoms with Crippen molar-refractivity contribution in [1.82, 2.24) is 14.5 Å². The number of carbonyl (C=O) groups is 1. The third-order valence-electron chi connectivity index (χ3n) is 3.71. The first-order valence-corrected chi connectivity index (χ1v) is 7.58. The predicted octanol–water partition coefficient (Wildman–Crippen LogP) is 3.69. The Morgan fingerprint density at radius 2 is 2.04 bits per heavy atom. The number of amides is 1. The molecule has 124 valence electrons. The molecule has 1 amide bonds. The standard InChI is InChI=1S/C18H13FN4O2/c1-11-9-23-10-12(6-7-17(23)20-11)21-18(24)15-8-16(25-22-15)13-4-2-3-5-14(13)19/h2-10H,1H3,(H,21,24). The molecule has 0 unspecified atom stereocenters. The van der Waals surface area contributed by atoms with E-state index in [1.54, 1.807) is 36.5 Å². The fraction of sp³-hybridized carbons (Fsp3) is 0.0556. The van der Waals surface area contributed by atoms with Crippen molar-refractivity contribution < 1.29 is 13.7 Å². The zero-order chi connectivity index (χ0) is 17.4. The average Bonchev–Trinajstić information content (AvgIpc) is 3.20. The fourth-order valence-electron chi connectivity index (χ4n) is 2.56. The molecule has 3 heterocycles. The van der Waals surface area contributed by atoms with E-state index < -0.39 is 11.7 Å². The highest BCUT2D eigenvalue weighted by atomic mass is 19.1. The third-order valence-corrected chi connectivity index (χ3v) is 3.71. The third kappa shape index (κ3) is 2.87. The molecule has 0 saturated heterocycles. The summed E-state index contributed by atoms with van der Waals surface area (Å²) >= 11 is 0. The number of hydrogen-bond donors (Lipinski definition) is 1. The summed E-state index contributed by atoms with van der Waals surface area (Å²) in [7, 11) is 0. The summed E-state index contributed by atoms with van der Waals surface area (Å²) in [5, 5.41) is 6.46. The van der Waals surface area contributed by atoms with E-state index in [2.05, 4.69) is 15.5 Å². The number of fused-ring (bicyclic) bond motifs is 1. The number of aromatic nitrogens is 3. The molecule has 1 aromatic carbocycles. The molecule has 0 aliphatic carbocycles. The van der Waals surface area contributed by atoms with Gasteiger partial charge in [0.25, 0.3) is 5.91 Å². The van der Waals surface area contributed by atoms with E-state index in [0.29, 0.717) is 5.69 Å². The van der Waals surface area contributed by atoms with Crippen molar-refractivity contribution in [3.63, 3.8) is 0 Å². The van der Waals surface area contributed by atoms with Crippen LogP contribution in [0, 0.1) is 12.7 Å². The molecule has 0 aliphatic heterocycles. The van der Waals surface area contributed by atoms with Gasteiger partial charge in [-0.05, 0) is 31.2 Å². The van der Waals surface area contributed by atoms with Gasteiger partial charge in [-0.15, -0.1) is 0 Å². The van der Waals surface area contributed by atoms with Crippen molar-refractivity contribution in [1.29, 1.82) is 0 Å². The molecule has 0 bridgehead atoms. The van der Waals surface area contributed by atoms with Gasteiger partial charge in [0.15, 0.2) is 11.5 Å². The summed E-state index contributed by atoms with van der Waals surface area (Å²) in [5.41, 5.74) is 2.59. The van der Waals surface area contributed by atoms with E-state index in [9.17, 15) is 9.18 Å². The molecule has 4 rings (SSSR count). The Kier molecular flexibility index (Phi) is 3.53. The molecule has 25 heavy (non-hydrogen) atoms. The molecule has 0 atom stereocenters. The van der Waals surface area contributed by atoms with Gasteiger partial charge in [-0.25, -0.2) is 9.37 Å². The lowest BCUT2D eigenvalue weighted by Crippen LogP contribution is -2.12. The minimum atomic E-state index is -0.442. The predicted molar refractivity (Wildman–Crippen MR) is 89.8 cm³/mol. The van der Waals surface area contributed by atoms with Crippen LogP contribution < -0.4 is 5.32 Å². The SMILES string of the molecule is Cc1cn2cc(NC(=O)c3cc(-c4ccccc4F)on3)ccc2n1. The van der Waals surface area contributed by atoms with Crippen LogP contribution in [0.3, 0.4) is 0 Å². The summed E-state index contributed by atoms with van der Waals surface area (Å²) in [6.07, 6.45) is 3.61. The number of nitrogens with one attached hydrogen (secondary N) is 1. The number of aryl methyl sites for hydroxylation is 1. The van der Waals surface area contributed by atoms with E-state index in [4.69, 9.17) is 4.52 Å². The number of rotatable bonds is 3. The molecular formula is C18H13FN4O2. The lowest BCUT2D eigenvalue weighted by atomic mass is 10.1. The van der Waals surface area contributed by atoms with Crippen molar-refractivity contribution in [2.24, 2.45) is 0 Å². The van der Waals surface area contributed by atoms with Gasteiger partial charge >= 0.3 is 0 Å². The molecule has 4 aromatic rings. The van der Waals surface area contributed by atoms with Gasteiger partial charge in [0.2, 0.25) is 0 Å². The summed E-state index contributed by atoms with van der Waals surface area (Å²) in [4.78, 5) is 16.7. The molecule has 1 N–H and O–H groups in total. The molecule has 0 fully saturated rings. The monoisotopic (exact) mass is 336 g/mol. The van der Waals surface area contributed by atoms with Crippen LogP contribution in [0.2, 0.25) is 0 Å². The van der Waals surface area contributed by atoms with Crippen LogP contribution in [0.5, 0.6) is 0 Å². The van der Waals surface area contributed by atoms with Crippen LogP contribution in [-0.4, -0.2) is 20.4 Å². The van der Waals surface area contributed by atoms with E-state index in [1.165, 1.54) is 12.1 Å². The highest BCUT2D eigenvalue weighted by Crippen LogP contribution is 2.23. The van der Waals surface area contributed by atoms with E-state index in [0.717, 1.165) is 11.3 Å². The summed E-state index contributed by atoms with van der Waals surface area (Å²) < 4.78 is 20.7. The topological polar surface area (TPSA) is 72.4 Å². The number of benzene rings is 1. The maximum absolute atomic E-state index is 13.8. The van der Waals surface area contributed by atoms with Crippen LogP contribution in [0.15, 0.2) is 59.4 Å². The minimum Gasteiger partial charge on any atom is -0.355 e. The van der Waals surface area contributed by atoms with Crippen LogP contribution >= 0.6 is 0 Å². The number of halogens is 1. The number of imidazole rings is 1. The number of carbonyl (C=O) groups excluding carboxylic acids is 1. The number of hydrogen-bond acceptors (Lipinski definition) is 4. The molecular weight excluding hydrogens is 323 g/mol. The van der Waals surface area contributed by atoms with Gasteiger partial charge in [0.1, 0.15) is 11.5 Å². The smallest absolute Gasteiger partial charge is 0.277 e. The first-order valence-electron chi connectivity index (χ1n) is 7.58. The Labute approximate surface area is 141 Å². The molecule has 0 spiro atoms. The number of pyridine rings is 1. The van der Waals surface area contributed by atoms with Crippen LogP contribution in [-0.2, 0) is 0 Å². The second-order valence-electron chi connectivity index (χ2n) is 5.58. The quantitative estimate of drug-likeness (QED) is 0.619. The summed E-state index contributed by atoms with van der Waals surface area (Å²) in [6.45, 7) is 1.89. The molecule has 0 aliphatic rings. The van der Waals surface area contributed by atoms with Crippen molar-refractivity contribution in [3.05, 3.63) is 72.1 Å². The summed E-state index contributed by atoms with van der Waals surface area (Å²) in [5.74, 6) is -0.682. The number of anilines is 1. The second-order valence-corrected chi connectivity index (χ2v) is 5.58. The first-order chi connectivity index (χ1) is 12.1. The van der Waals surface area contributed by atoms with Gasteiger partial charge in [0, 0.05) is 18.5 Å². The fourth-order valence-corrected chi connectivity index (χ4v) is 2.56. The Morgan fingerprint density at radius 3 is 2.88 bits per heavy atom. The average molecular weight is 336 g/mol. The van der Waals surface area contributed by atoms with Gasteiger partial charge in [0.05, 0.1) is 16.9 Å². The normalized spacial score (nSPS) is 11.0. The van der Waals surface area contributed by atoms with Crippen molar-refractivity contribution in [2.75, 3.05) is 5.32 Å². The lowest BCUT2D eigenvalue weighted by molar-refractivity contribution is 0.101. The van der Waals surface area contributed by atoms with Gasteiger partial charge in [-0.1, -0.05) is 17.3 Å². The molecule has 0 saturated carbocycles. The van der Waals surface area contributed by atoms with Crippen molar-refractivity contribution in [3.8, 4) is 11.3 Å². The number of nitrogens with zero attached hydrogens (tertiary/aromatic N) is 3. The Morgan fingerprint density at radius 1 is 1.20 bits per heavy atom. The van der Waals surface area contributed by atoms with Crippen LogP contribution in [0.25, 0.3) is 17.0 Å². The highest BCUT2D eigenvalue weighted by Gasteiger charge is 2.16. The molecule has 7 heteroatoms. The second kappa shape index (κ2) is 5.86. The van der Waals surface area contributed by atoms with Crippen LogP contribution in [0.1, 0.15) is 16.2 Å². The Hall–Kier alpha value is -3.48. The van der Waals surface area contributed by atoms with Crippen LogP contribution in [0.4, 0.5) is 10.1 Å². The summed E-state index contributed by atoms with van der Waals surface area (Å²) in [6, 6.07) is 11.1. The highest BCUT2D eigenvalue weighted by molar-refractivity contribution is 6.03. The van der Waals surface area contributed by atoms with Gasteiger partial charge in [-0.2, -0.15) is 0 Å². The zero-order valence-electron chi connectivity index (χ0n) is 13.2. The minimum absolute atomic E-state index is 0.0696. The molecule has 0 radical (unpaired) electrons. The van der Waals surface area contributed by atoms with Gasteiger partial charge < -0.3 is 14.2 Å². The largest absolute Gasteiger partial charge is 0.355 e. The maximum atomic E-state index is 13.8.